The highest BCUT2D eigenvalue weighted by molar-refractivity contribution is 7.16. The lowest BCUT2D eigenvalue weighted by atomic mass is 10.2. The summed E-state index contributed by atoms with van der Waals surface area (Å²) in [4.78, 5) is 28.4. The van der Waals surface area contributed by atoms with Crippen molar-refractivity contribution in [1.82, 2.24) is 15.6 Å². The Labute approximate surface area is 126 Å². The van der Waals surface area contributed by atoms with Crippen molar-refractivity contribution in [2.75, 3.05) is 6.54 Å². The van der Waals surface area contributed by atoms with Gasteiger partial charge in [-0.2, -0.15) is 0 Å². The number of carbonyl (C=O) groups is 2. The fourth-order valence-electron chi connectivity index (χ4n) is 2.17. The molecule has 0 spiro atoms. The molecule has 108 valence electrons. The fraction of sp³-hybridized carbons (Fsp3) is 0.267. The Morgan fingerprint density at radius 2 is 2.14 bits per heavy atom. The maximum atomic E-state index is 12.1. The van der Waals surface area contributed by atoms with Gasteiger partial charge in [0.2, 0.25) is 5.91 Å². The summed E-state index contributed by atoms with van der Waals surface area (Å²) in [5.41, 5.74) is 2.17. The molecule has 2 amide bonds. The Balaban J connectivity index is 1.73. The van der Waals surface area contributed by atoms with E-state index in [2.05, 4.69) is 15.6 Å². The third-order valence-electron chi connectivity index (χ3n) is 3.38. The fourth-order valence-corrected chi connectivity index (χ4v) is 2.99. The first-order valence-corrected chi connectivity index (χ1v) is 7.56. The van der Waals surface area contributed by atoms with Crippen molar-refractivity contribution in [1.29, 1.82) is 0 Å². The third kappa shape index (κ3) is 2.95. The van der Waals surface area contributed by atoms with E-state index in [-0.39, 0.29) is 11.8 Å². The van der Waals surface area contributed by atoms with Crippen LogP contribution in [0.15, 0.2) is 30.5 Å². The molecule has 0 radical (unpaired) electrons. The highest BCUT2D eigenvalue weighted by atomic mass is 32.1. The smallest absolute Gasteiger partial charge is 0.263 e. The topological polar surface area (TPSA) is 71.1 Å². The summed E-state index contributed by atoms with van der Waals surface area (Å²) in [6.07, 6.45) is 2.19. The van der Waals surface area contributed by atoms with Crippen LogP contribution in [-0.4, -0.2) is 29.4 Å². The molecule has 1 aromatic carbocycles. The van der Waals surface area contributed by atoms with Gasteiger partial charge >= 0.3 is 0 Å². The second-order valence-corrected chi connectivity index (χ2v) is 6.03. The van der Waals surface area contributed by atoms with Crippen LogP contribution in [0.2, 0.25) is 0 Å². The van der Waals surface area contributed by atoms with E-state index < -0.39 is 6.04 Å². The zero-order valence-electron chi connectivity index (χ0n) is 11.6. The largest absolute Gasteiger partial charge is 0.354 e. The molecule has 1 atom stereocenters. The van der Waals surface area contributed by atoms with Crippen molar-refractivity contribution in [3.8, 4) is 10.6 Å². The van der Waals surface area contributed by atoms with Gasteiger partial charge in [0.15, 0.2) is 0 Å². The van der Waals surface area contributed by atoms with E-state index in [0.717, 1.165) is 10.6 Å². The van der Waals surface area contributed by atoms with Gasteiger partial charge in [0, 0.05) is 12.1 Å². The van der Waals surface area contributed by atoms with Gasteiger partial charge in [-0.3, -0.25) is 9.59 Å². The standard InChI is InChI=1S/C15H15N3O2S/c1-9-2-4-10(5-3-9)15-17-8-12(21-15)14(20)18-11-6-7-16-13(11)19/h2-5,8,11H,6-7H2,1H3,(H,16,19)(H,18,20). The number of benzene rings is 1. The molecule has 21 heavy (non-hydrogen) atoms. The van der Waals surface area contributed by atoms with E-state index >= 15 is 0 Å². The molecule has 3 rings (SSSR count). The summed E-state index contributed by atoms with van der Waals surface area (Å²) in [6, 6.07) is 7.57. The lowest BCUT2D eigenvalue weighted by molar-refractivity contribution is -0.120. The van der Waals surface area contributed by atoms with Crippen LogP contribution in [0.5, 0.6) is 0 Å². The molecule has 0 aliphatic carbocycles. The van der Waals surface area contributed by atoms with Gasteiger partial charge in [0.25, 0.3) is 5.91 Å². The number of carbonyl (C=O) groups excluding carboxylic acids is 2. The van der Waals surface area contributed by atoms with Crippen LogP contribution < -0.4 is 10.6 Å². The third-order valence-corrected chi connectivity index (χ3v) is 4.43. The maximum Gasteiger partial charge on any atom is 0.263 e. The summed E-state index contributed by atoms with van der Waals surface area (Å²) < 4.78 is 0. The Bertz CT molecular complexity index is 678. The van der Waals surface area contributed by atoms with Crippen LogP contribution >= 0.6 is 11.3 Å². The number of hydrogen-bond donors (Lipinski definition) is 2. The molecule has 1 aliphatic heterocycles. The van der Waals surface area contributed by atoms with Crippen molar-refractivity contribution in [3.05, 3.63) is 40.9 Å². The lowest BCUT2D eigenvalue weighted by Gasteiger charge is -2.07. The predicted octanol–water partition coefficient (Wildman–Crippen LogP) is 1.74. The molecule has 2 N–H and O–H groups in total. The van der Waals surface area contributed by atoms with Crippen LogP contribution in [0, 0.1) is 6.92 Å². The first-order valence-electron chi connectivity index (χ1n) is 6.75. The van der Waals surface area contributed by atoms with E-state index in [1.165, 1.54) is 16.9 Å². The summed E-state index contributed by atoms with van der Waals surface area (Å²) in [6.45, 7) is 2.64. The normalized spacial score (nSPS) is 17.6. The van der Waals surface area contributed by atoms with E-state index in [0.29, 0.717) is 17.8 Å². The molecule has 1 aliphatic rings. The minimum atomic E-state index is -0.428. The summed E-state index contributed by atoms with van der Waals surface area (Å²) in [5, 5.41) is 6.24. The van der Waals surface area contributed by atoms with Gasteiger partial charge < -0.3 is 10.6 Å². The van der Waals surface area contributed by atoms with Crippen molar-refractivity contribution in [2.24, 2.45) is 0 Å². The second kappa shape index (κ2) is 5.65. The SMILES string of the molecule is Cc1ccc(-c2ncc(C(=O)NC3CCNC3=O)s2)cc1. The lowest BCUT2D eigenvalue weighted by Crippen LogP contribution is -2.39. The van der Waals surface area contributed by atoms with Crippen LogP contribution in [0.4, 0.5) is 0 Å². The Kier molecular flexibility index (Phi) is 3.70. The minimum Gasteiger partial charge on any atom is -0.354 e. The minimum absolute atomic E-state index is 0.119. The number of nitrogens with zero attached hydrogens (tertiary/aromatic N) is 1. The van der Waals surface area contributed by atoms with Gasteiger partial charge in [0.1, 0.15) is 15.9 Å². The number of aryl methyl sites for hydroxylation is 1. The van der Waals surface area contributed by atoms with E-state index in [4.69, 9.17) is 0 Å². The average Bonchev–Trinajstić information content (AvgIpc) is 3.10. The molecular formula is C15H15N3O2S. The van der Waals surface area contributed by atoms with E-state index in [1.54, 1.807) is 6.20 Å². The average molecular weight is 301 g/mol. The van der Waals surface area contributed by atoms with E-state index in [9.17, 15) is 9.59 Å². The summed E-state index contributed by atoms with van der Waals surface area (Å²) >= 11 is 1.33. The number of hydrogen-bond acceptors (Lipinski definition) is 4. The zero-order valence-corrected chi connectivity index (χ0v) is 12.4. The Morgan fingerprint density at radius 3 is 2.81 bits per heavy atom. The Morgan fingerprint density at radius 1 is 1.38 bits per heavy atom. The molecule has 1 aromatic heterocycles. The number of thiazole rings is 1. The molecule has 2 heterocycles. The summed E-state index contributed by atoms with van der Waals surface area (Å²) in [7, 11) is 0. The van der Waals surface area contributed by atoms with Crippen molar-refractivity contribution >= 4 is 23.2 Å². The van der Waals surface area contributed by atoms with Crippen LogP contribution in [0.3, 0.4) is 0 Å². The number of aromatic nitrogens is 1. The highest BCUT2D eigenvalue weighted by Gasteiger charge is 2.26. The van der Waals surface area contributed by atoms with Crippen LogP contribution in [0.1, 0.15) is 21.7 Å². The molecule has 0 saturated carbocycles. The number of amides is 2. The molecule has 6 heteroatoms. The molecule has 0 bridgehead atoms. The van der Waals surface area contributed by atoms with Crippen LogP contribution in [0.25, 0.3) is 10.6 Å². The number of nitrogens with one attached hydrogen (secondary N) is 2. The zero-order chi connectivity index (χ0) is 14.8. The molecule has 5 nitrogen and oxygen atoms in total. The Hall–Kier alpha value is -2.21. The first-order chi connectivity index (χ1) is 10.1. The summed E-state index contributed by atoms with van der Waals surface area (Å²) in [5.74, 6) is -0.362. The van der Waals surface area contributed by atoms with Crippen LogP contribution in [-0.2, 0) is 4.79 Å². The highest BCUT2D eigenvalue weighted by Crippen LogP contribution is 2.25. The number of rotatable bonds is 3. The van der Waals surface area contributed by atoms with Crippen molar-refractivity contribution in [3.63, 3.8) is 0 Å². The van der Waals surface area contributed by atoms with Crippen molar-refractivity contribution in [2.45, 2.75) is 19.4 Å². The van der Waals surface area contributed by atoms with Gasteiger partial charge in [-0.1, -0.05) is 29.8 Å². The first kappa shape index (κ1) is 13.8. The molecular weight excluding hydrogens is 286 g/mol. The monoisotopic (exact) mass is 301 g/mol. The van der Waals surface area contributed by atoms with Crippen molar-refractivity contribution < 1.29 is 9.59 Å². The molecule has 1 unspecified atom stereocenters. The quantitative estimate of drug-likeness (QED) is 0.907. The molecule has 1 saturated heterocycles. The maximum absolute atomic E-state index is 12.1. The van der Waals surface area contributed by atoms with Gasteiger partial charge in [0.05, 0.1) is 6.20 Å². The molecule has 1 fully saturated rings. The van der Waals surface area contributed by atoms with Gasteiger partial charge in [-0.25, -0.2) is 4.98 Å². The second-order valence-electron chi connectivity index (χ2n) is 5.00. The molecule has 2 aromatic rings. The van der Waals surface area contributed by atoms with Gasteiger partial charge in [-0.15, -0.1) is 11.3 Å². The van der Waals surface area contributed by atoms with Gasteiger partial charge in [-0.05, 0) is 13.3 Å². The van der Waals surface area contributed by atoms with E-state index in [1.807, 2.05) is 31.2 Å². The predicted molar refractivity (Wildman–Crippen MR) is 81.2 cm³/mol.